The van der Waals surface area contributed by atoms with Gasteiger partial charge in [0.15, 0.2) is 0 Å². The van der Waals surface area contributed by atoms with Crippen LogP contribution in [0.1, 0.15) is 20.8 Å². The monoisotopic (exact) mass is 464 g/mol. The van der Waals surface area contributed by atoms with Crippen LogP contribution in [-0.4, -0.2) is 22.0 Å². The molecule has 0 saturated carbocycles. The maximum atomic E-state index is 12.1. The van der Waals surface area contributed by atoms with E-state index >= 15 is 0 Å². The lowest BCUT2D eigenvalue weighted by atomic mass is 10.1. The summed E-state index contributed by atoms with van der Waals surface area (Å²) in [5, 5.41) is 11.8. The molecule has 0 aliphatic rings. The van der Waals surface area contributed by atoms with Gasteiger partial charge in [0.2, 0.25) is 0 Å². The van der Waals surface area contributed by atoms with Crippen molar-refractivity contribution < 1.29 is 14.7 Å². The smallest absolute Gasteiger partial charge is 0.337 e. The Hall–Kier alpha value is -1.12. The van der Waals surface area contributed by atoms with E-state index in [2.05, 4.69) is 58.1 Å². The van der Waals surface area contributed by atoms with E-state index in [0.29, 0.717) is 14.6 Å². The SMILES string of the molecule is O=C(Nc1c(Br)cc(Br)cc1C(=O)O)c1cc(Br)c[nH]1. The Morgan fingerprint density at radius 1 is 1.10 bits per heavy atom. The number of carboxylic acid groups (broad SMARTS) is 1. The molecule has 0 unspecified atom stereocenters. The van der Waals surface area contributed by atoms with E-state index in [9.17, 15) is 14.7 Å². The summed E-state index contributed by atoms with van der Waals surface area (Å²) in [4.78, 5) is 26.1. The van der Waals surface area contributed by atoms with Crippen molar-refractivity contribution in [2.75, 3.05) is 5.32 Å². The van der Waals surface area contributed by atoms with Crippen LogP contribution in [0.5, 0.6) is 0 Å². The Morgan fingerprint density at radius 3 is 2.35 bits per heavy atom. The van der Waals surface area contributed by atoms with Gasteiger partial charge in [0, 0.05) is 19.6 Å². The molecule has 0 saturated heterocycles. The summed E-state index contributed by atoms with van der Waals surface area (Å²) in [7, 11) is 0. The van der Waals surface area contributed by atoms with Gasteiger partial charge in [-0.25, -0.2) is 4.79 Å². The van der Waals surface area contributed by atoms with Crippen molar-refractivity contribution in [2.45, 2.75) is 0 Å². The van der Waals surface area contributed by atoms with Gasteiger partial charge >= 0.3 is 5.97 Å². The summed E-state index contributed by atoms with van der Waals surface area (Å²) in [5.74, 6) is -1.56. The number of carboxylic acids is 1. The second-order valence-corrected chi connectivity index (χ2v) is 6.49. The van der Waals surface area contributed by atoms with Gasteiger partial charge in [0.1, 0.15) is 5.69 Å². The van der Waals surface area contributed by atoms with Crippen LogP contribution in [0.4, 0.5) is 5.69 Å². The minimum Gasteiger partial charge on any atom is -0.478 e. The van der Waals surface area contributed by atoms with E-state index in [0.717, 1.165) is 4.47 Å². The second-order valence-electron chi connectivity index (χ2n) is 3.80. The zero-order chi connectivity index (χ0) is 14.9. The van der Waals surface area contributed by atoms with Gasteiger partial charge in [-0.3, -0.25) is 4.79 Å². The molecule has 1 aromatic heterocycles. The van der Waals surface area contributed by atoms with E-state index in [1.165, 1.54) is 6.07 Å². The molecule has 0 radical (unpaired) electrons. The van der Waals surface area contributed by atoms with Crippen LogP contribution in [0.15, 0.2) is 37.8 Å². The van der Waals surface area contributed by atoms with Gasteiger partial charge in [-0.1, -0.05) is 15.9 Å². The fraction of sp³-hybridized carbons (Fsp3) is 0. The van der Waals surface area contributed by atoms with Crippen molar-refractivity contribution >= 4 is 65.4 Å². The zero-order valence-corrected chi connectivity index (χ0v) is 14.5. The molecule has 20 heavy (non-hydrogen) atoms. The first-order chi connectivity index (χ1) is 9.38. The van der Waals surface area contributed by atoms with Gasteiger partial charge in [0.25, 0.3) is 5.91 Å². The predicted molar refractivity (Wildman–Crippen MR) is 85.2 cm³/mol. The minimum absolute atomic E-state index is 0.00905. The van der Waals surface area contributed by atoms with Crippen molar-refractivity contribution in [1.29, 1.82) is 0 Å². The van der Waals surface area contributed by atoms with Crippen molar-refractivity contribution in [1.82, 2.24) is 4.98 Å². The molecule has 3 N–H and O–H groups in total. The second kappa shape index (κ2) is 6.11. The Kier molecular flexibility index (Phi) is 4.66. The number of benzene rings is 1. The van der Waals surface area contributed by atoms with E-state index in [-0.39, 0.29) is 11.3 Å². The van der Waals surface area contributed by atoms with Crippen molar-refractivity contribution in [2.24, 2.45) is 0 Å². The Bertz CT molecular complexity index is 697. The Labute approximate surface area is 139 Å². The average molecular weight is 467 g/mol. The number of hydrogen-bond acceptors (Lipinski definition) is 2. The molecule has 0 atom stereocenters. The van der Waals surface area contributed by atoms with Crippen LogP contribution in [0.2, 0.25) is 0 Å². The number of aromatic nitrogens is 1. The fourth-order valence-corrected chi connectivity index (χ4v) is 3.22. The highest BCUT2D eigenvalue weighted by Crippen LogP contribution is 2.31. The summed E-state index contributed by atoms with van der Waals surface area (Å²) in [5.41, 5.74) is 0.518. The van der Waals surface area contributed by atoms with Crippen LogP contribution >= 0.6 is 47.8 Å². The lowest BCUT2D eigenvalue weighted by Gasteiger charge is -2.10. The van der Waals surface area contributed by atoms with Crippen LogP contribution < -0.4 is 5.32 Å². The molecule has 2 aromatic rings. The van der Waals surface area contributed by atoms with Gasteiger partial charge in [-0.2, -0.15) is 0 Å². The van der Waals surface area contributed by atoms with Crippen LogP contribution in [0, 0.1) is 0 Å². The number of carbonyl (C=O) groups is 2. The molecule has 0 fully saturated rings. The molecule has 5 nitrogen and oxygen atoms in total. The number of H-pyrrole nitrogens is 1. The van der Waals surface area contributed by atoms with Crippen molar-refractivity contribution in [3.63, 3.8) is 0 Å². The molecule has 1 aromatic carbocycles. The van der Waals surface area contributed by atoms with E-state index in [1.54, 1.807) is 18.3 Å². The number of rotatable bonds is 3. The summed E-state index contributed by atoms with van der Waals surface area (Å²) < 4.78 is 1.81. The van der Waals surface area contributed by atoms with Crippen LogP contribution in [0.3, 0.4) is 0 Å². The lowest BCUT2D eigenvalue weighted by Crippen LogP contribution is -2.15. The Morgan fingerprint density at radius 2 is 1.80 bits per heavy atom. The van der Waals surface area contributed by atoms with E-state index in [1.807, 2.05) is 0 Å². The number of hydrogen-bond donors (Lipinski definition) is 3. The maximum absolute atomic E-state index is 12.1. The van der Waals surface area contributed by atoms with Gasteiger partial charge in [0.05, 0.1) is 11.3 Å². The molecular weight excluding hydrogens is 460 g/mol. The summed E-state index contributed by atoms with van der Waals surface area (Å²) in [6, 6.07) is 4.68. The number of nitrogens with one attached hydrogen (secondary N) is 2. The summed E-state index contributed by atoms with van der Waals surface area (Å²) in [6.45, 7) is 0. The molecule has 0 aliphatic carbocycles. The number of halogens is 3. The van der Waals surface area contributed by atoms with Crippen LogP contribution in [0.25, 0.3) is 0 Å². The molecule has 8 heteroatoms. The molecule has 1 amide bonds. The van der Waals surface area contributed by atoms with Gasteiger partial charge in [-0.15, -0.1) is 0 Å². The number of aromatic amines is 1. The first-order valence-corrected chi connectivity index (χ1v) is 7.64. The molecule has 2 rings (SSSR count). The largest absolute Gasteiger partial charge is 0.478 e. The highest BCUT2D eigenvalue weighted by molar-refractivity contribution is 9.11. The summed E-state index contributed by atoms with van der Waals surface area (Å²) >= 11 is 9.68. The third kappa shape index (κ3) is 3.31. The van der Waals surface area contributed by atoms with Crippen LogP contribution in [-0.2, 0) is 0 Å². The first kappa shape index (κ1) is 15.3. The average Bonchev–Trinajstić information content (AvgIpc) is 2.78. The number of aromatic carboxylic acids is 1. The third-order valence-corrected chi connectivity index (χ3v) is 3.96. The minimum atomic E-state index is -1.13. The molecule has 104 valence electrons. The third-order valence-electron chi connectivity index (χ3n) is 2.42. The van der Waals surface area contributed by atoms with E-state index in [4.69, 9.17) is 0 Å². The standard InChI is InChI=1S/C12H7Br3N2O3/c13-5-1-7(12(19)20)10(8(15)2-5)17-11(18)9-3-6(14)4-16-9/h1-4,16H,(H,17,18)(H,19,20). The highest BCUT2D eigenvalue weighted by Gasteiger charge is 2.18. The van der Waals surface area contributed by atoms with Gasteiger partial charge < -0.3 is 15.4 Å². The predicted octanol–water partition coefficient (Wildman–Crippen LogP) is 4.25. The molecule has 1 heterocycles. The Balaban J connectivity index is 2.38. The number of anilines is 1. The molecule has 0 spiro atoms. The molecular formula is C12H7Br3N2O3. The quantitative estimate of drug-likeness (QED) is 0.632. The van der Waals surface area contributed by atoms with E-state index < -0.39 is 11.9 Å². The molecule has 0 aliphatic heterocycles. The summed E-state index contributed by atoms with van der Waals surface area (Å²) in [6.07, 6.45) is 1.61. The maximum Gasteiger partial charge on any atom is 0.337 e. The highest BCUT2D eigenvalue weighted by atomic mass is 79.9. The topological polar surface area (TPSA) is 82.2 Å². The normalized spacial score (nSPS) is 10.3. The first-order valence-electron chi connectivity index (χ1n) is 5.26. The zero-order valence-electron chi connectivity index (χ0n) is 9.71. The lowest BCUT2D eigenvalue weighted by molar-refractivity contribution is 0.0698. The molecule has 0 bridgehead atoms. The van der Waals surface area contributed by atoms with Crippen molar-refractivity contribution in [3.8, 4) is 0 Å². The van der Waals surface area contributed by atoms with Crippen molar-refractivity contribution in [3.05, 3.63) is 49.1 Å². The van der Waals surface area contributed by atoms with Gasteiger partial charge in [-0.05, 0) is 50.1 Å². The number of amides is 1. The fourth-order valence-electron chi connectivity index (χ4n) is 1.55. The number of carbonyl (C=O) groups excluding carboxylic acids is 1.